The Kier molecular flexibility index (Phi) is 10.3. The Labute approximate surface area is 197 Å². The van der Waals surface area contributed by atoms with E-state index >= 15 is 0 Å². The molecule has 0 aliphatic heterocycles. The average Bonchev–Trinajstić information content (AvgIpc) is 2.82. The molecule has 1 aromatic heterocycles. The Balaban J connectivity index is 0.000000739. The zero-order chi connectivity index (χ0) is 24.9. The van der Waals surface area contributed by atoms with E-state index in [2.05, 4.69) is 5.32 Å². The summed E-state index contributed by atoms with van der Waals surface area (Å²) in [7, 11) is 3.38. The smallest absolute Gasteiger partial charge is 0.344 e. The van der Waals surface area contributed by atoms with Gasteiger partial charge in [-0.15, -0.1) is 0 Å². The van der Waals surface area contributed by atoms with Crippen LogP contribution in [0.25, 0.3) is 11.0 Å². The number of carbonyl (C=O) groups excluding carboxylic acids is 3. The molecule has 1 heterocycles. The third-order valence-electron chi connectivity index (χ3n) is 4.43. The second kappa shape index (κ2) is 13.4. The summed E-state index contributed by atoms with van der Waals surface area (Å²) in [6.45, 7) is 1.53. The van der Waals surface area contributed by atoms with Crippen molar-refractivity contribution in [2.75, 3.05) is 33.9 Å². The van der Waals surface area contributed by atoms with E-state index < -0.39 is 11.6 Å². The van der Waals surface area contributed by atoms with Gasteiger partial charge in [-0.3, -0.25) is 9.59 Å². The van der Waals surface area contributed by atoms with Gasteiger partial charge in [0.25, 0.3) is 5.91 Å². The number of nitrogens with zero attached hydrogens (tertiary/aromatic N) is 1. The highest BCUT2D eigenvalue weighted by molar-refractivity contribution is 5.82. The first-order chi connectivity index (χ1) is 16.3. The molecule has 34 heavy (non-hydrogen) atoms. The molecule has 9 nitrogen and oxygen atoms in total. The van der Waals surface area contributed by atoms with Gasteiger partial charge in [-0.2, -0.15) is 0 Å². The lowest BCUT2D eigenvalue weighted by Crippen LogP contribution is -2.31. The molecule has 1 N–H and O–H groups in total. The quantitative estimate of drug-likeness (QED) is 0.290. The Morgan fingerprint density at radius 1 is 1.06 bits per heavy atom. The van der Waals surface area contributed by atoms with E-state index in [0.717, 1.165) is 22.9 Å². The predicted octanol–water partition coefficient (Wildman–Crippen LogP) is 2.09. The molecule has 0 fully saturated rings. The summed E-state index contributed by atoms with van der Waals surface area (Å²) in [5, 5.41) is 3.48. The van der Waals surface area contributed by atoms with Gasteiger partial charge >= 0.3 is 11.6 Å². The van der Waals surface area contributed by atoms with Gasteiger partial charge < -0.3 is 24.1 Å². The Morgan fingerprint density at radius 3 is 2.44 bits per heavy atom. The topological polar surface area (TPSA) is 115 Å². The number of esters is 1. The summed E-state index contributed by atoms with van der Waals surface area (Å²) in [6, 6.07) is 16.1. The maximum Gasteiger partial charge on any atom is 0.344 e. The molecule has 0 saturated carbocycles. The molecule has 3 aromatic rings. The van der Waals surface area contributed by atoms with Crippen molar-refractivity contribution < 1.29 is 28.3 Å². The van der Waals surface area contributed by atoms with Gasteiger partial charge in [-0.05, 0) is 36.6 Å². The van der Waals surface area contributed by atoms with E-state index in [1.807, 2.05) is 37.3 Å². The number of hydrogen-bond donors (Lipinski definition) is 1. The van der Waals surface area contributed by atoms with Crippen LogP contribution in [0, 0.1) is 6.92 Å². The largest absolute Gasteiger partial charge is 0.482 e. The number of hydrogen-bond acceptors (Lipinski definition) is 7. The van der Waals surface area contributed by atoms with Gasteiger partial charge in [0.05, 0.1) is 0 Å². The van der Waals surface area contributed by atoms with E-state index in [4.69, 9.17) is 13.9 Å². The van der Waals surface area contributed by atoms with Gasteiger partial charge in [0.1, 0.15) is 11.3 Å². The molecule has 0 radical (unpaired) electrons. The van der Waals surface area contributed by atoms with E-state index in [0.29, 0.717) is 24.3 Å². The van der Waals surface area contributed by atoms with Crippen LogP contribution >= 0.6 is 0 Å². The summed E-state index contributed by atoms with van der Waals surface area (Å²) in [5.41, 5.74) is 1.82. The highest BCUT2D eigenvalue weighted by atomic mass is 16.6. The van der Waals surface area contributed by atoms with Crippen molar-refractivity contribution in [2.45, 2.75) is 13.3 Å². The van der Waals surface area contributed by atoms with E-state index in [1.165, 1.54) is 17.0 Å². The number of ether oxygens (including phenoxy) is 2. The van der Waals surface area contributed by atoms with E-state index in [-0.39, 0.29) is 19.1 Å². The molecule has 0 spiro atoms. The predicted molar refractivity (Wildman–Crippen MR) is 127 cm³/mol. The normalized spacial score (nSPS) is 9.97. The summed E-state index contributed by atoms with van der Waals surface area (Å²) in [6.07, 6.45) is 1.45. The zero-order valence-electron chi connectivity index (χ0n) is 19.4. The van der Waals surface area contributed by atoms with Crippen LogP contribution in [0.4, 0.5) is 0 Å². The number of aryl methyl sites for hydroxylation is 1. The van der Waals surface area contributed by atoms with Crippen LogP contribution in [0.5, 0.6) is 5.75 Å². The van der Waals surface area contributed by atoms with Crippen molar-refractivity contribution >= 4 is 29.3 Å². The number of fused-ring (bicyclic) bond motifs is 1. The molecular formula is C25H28N2O7. The Bertz CT molecular complexity index is 1160. The lowest BCUT2D eigenvalue weighted by Gasteiger charge is -2.09. The molecule has 2 amide bonds. The summed E-state index contributed by atoms with van der Waals surface area (Å²) >= 11 is 0. The van der Waals surface area contributed by atoms with Crippen LogP contribution in [0.1, 0.15) is 11.1 Å². The minimum absolute atomic E-state index is 0.357. The number of benzene rings is 2. The summed E-state index contributed by atoms with van der Waals surface area (Å²) < 4.78 is 15.4. The first-order valence-corrected chi connectivity index (χ1v) is 10.5. The maximum atomic E-state index is 11.8. The fraction of sp³-hybridized carbons (Fsp3) is 0.280. The van der Waals surface area contributed by atoms with Crippen LogP contribution in [-0.2, 0) is 25.5 Å². The SMILES string of the molecule is CN(C)C=O.Cc1cc(=O)oc2cc(OCC(=O)OCC(=O)NCCc3ccccc3)ccc12. The highest BCUT2D eigenvalue weighted by Crippen LogP contribution is 2.22. The lowest BCUT2D eigenvalue weighted by atomic mass is 10.1. The number of nitrogens with one attached hydrogen (secondary N) is 1. The van der Waals surface area contributed by atoms with Crippen molar-refractivity contribution in [1.82, 2.24) is 10.2 Å². The van der Waals surface area contributed by atoms with Crippen LogP contribution < -0.4 is 15.7 Å². The zero-order valence-corrected chi connectivity index (χ0v) is 19.4. The van der Waals surface area contributed by atoms with Crippen molar-refractivity contribution in [3.63, 3.8) is 0 Å². The first kappa shape index (κ1) is 26.1. The molecule has 0 saturated heterocycles. The lowest BCUT2D eigenvalue weighted by molar-refractivity contribution is -0.150. The fourth-order valence-electron chi connectivity index (χ4n) is 2.77. The second-order valence-electron chi connectivity index (χ2n) is 7.51. The Morgan fingerprint density at radius 2 is 1.76 bits per heavy atom. The van der Waals surface area contributed by atoms with Gasteiger partial charge in [-0.25, -0.2) is 9.59 Å². The molecule has 0 bridgehead atoms. The number of carbonyl (C=O) groups is 3. The minimum Gasteiger partial charge on any atom is -0.482 e. The fourth-order valence-corrected chi connectivity index (χ4v) is 2.77. The Hall–Kier alpha value is -4.14. The third kappa shape index (κ3) is 9.15. The van der Waals surface area contributed by atoms with E-state index in [9.17, 15) is 19.2 Å². The molecule has 9 heteroatoms. The molecular weight excluding hydrogens is 440 g/mol. The number of rotatable bonds is 9. The summed E-state index contributed by atoms with van der Waals surface area (Å²) in [4.78, 5) is 45.9. The second-order valence-corrected chi connectivity index (χ2v) is 7.51. The van der Waals surface area contributed by atoms with Gasteiger partial charge in [0.15, 0.2) is 13.2 Å². The number of amides is 2. The molecule has 180 valence electrons. The molecule has 0 atom stereocenters. The van der Waals surface area contributed by atoms with Gasteiger partial charge in [0, 0.05) is 38.2 Å². The van der Waals surface area contributed by atoms with Gasteiger partial charge in [0.2, 0.25) is 6.41 Å². The van der Waals surface area contributed by atoms with E-state index in [1.54, 1.807) is 26.2 Å². The average molecular weight is 469 g/mol. The van der Waals surface area contributed by atoms with Crippen LogP contribution in [0.3, 0.4) is 0 Å². The molecule has 0 aliphatic carbocycles. The molecule has 3 rings (SSSR count). The van der Waals surface area contributed by atoms with Crippen molar-refractivity contribution in [1.29, 1.82) is 0 Å². The first-order valence-electron chi connectivity index (χ1n) is 10.5. The monoisotopic (exact) mass is 468 g/mol. The molecule has 0 unspecified atom stereocenters. The van der Waals surface area contributed by atoms with Crippen molar-refractivity contribution in [3.05, 3.63) is 76.1 Å². The highest BCUT2D eigenvalue weighted by Gasteiger charge is 2.10. The van der Waals surface area contributed by atoms with Crippen LogP contribution in [-0.4, -0.2) is 57.0 Å². The molecule has 2 aromatic carbocycles. The third-order valence-corrected chi connectivity index (χ3v) is 4.43. The maximum absolute atomic E-state index is 11.8. The minimum atomic E-state index is -0.672. The van der Waals surface area contributed by atoms with Gasteiger partial charge in [-0.1, -0.05) is 30.3 Å². The van der Waals surface area contributed by atoms with Crippen LogP contribution in [0.15, 0.2) is 63.8 Å². The summed E-state index contributed by atoms with van der Waals surface area (Å²) in [5.74, 6) is -0.693. The van der Waals surface area contributed by atoms with Crippen molar-refractivity contribution in [2.24, 2.45) is 0 Å². The molecule has 0 aliphatic rings. The standard InChI is InChI=1S/C22H21NO6.C3H7NO/c1-15-11-21(25)29-19-12-17(7-8-18(15)19)27-14-22(26)28-13-20(24)23-10-9-16-5-3-2-4-6-16;1-4(2)3-5/h2-8,11-12H,9-10,13-14H2,1H3,(H,23,24);3H,1-2H3. The van der Waals surface area contributed by atoms with Crippen molar-refractivity contribution in [3.8, 4) is 5.75 Å². The van der Waals surface area contributed by atoms with Crippen LogP contribution in [0.2, 0.25) is 0 Å².